The van der Waals surface area contributed by atoms with E-state index < -0.39 is 0 Å². The Morgan fingerprint density at radius 3 is 2.50 bits per heavy atom. The summed E-state index contributed by atoms with van der Waals surface area (Å²) in [6.45, 7) is 2.13. The van der Waals surface area contributed by atoms with Crippen molar-refractivity contribution in [3.05, 3.63) is 47.5 Å². The number of rotatable bonds is 5. The van der Waals surface area contributed by atoms with Gasteiger partial charge in [0, 0.05) is 12.1 Å². The van der Waals surface area contributed by atoms with Gasteiger partial charge in [0.2, 0.25) is 6.79 Å². The van der Waals surface area contributed by atoms with Crippen LogP contribution in [0.25, 0.3) is 0 Å². The number of carbonyl (C=O) groups is 1. The molecular formula is C18H17NO5. The van der Waals surface area contributed by atoms with E-state index in [1.54, 1.807) is 18.2 Å². The number of hydrogen-bond acceptors (Lipinski definition) is 6. The molecule has 1 N–H and O–H groups in total. The molecule has 2 aromatic rings. The Morgan fingerprint density at radius 2 is 1.58 bits per heavy atom. The van der Waals surface area contributed by atoms with E-state index in [4.69, 9.17) is 18.9 Å². The number of Topliss-reactive ketones (excluding diaryl/α,β-unsaturated/α-hetero) is 1. The van der Waals surface area contributed by atoms with Gasteiger partial charge in [0.15, 0.2) is 28.8 Å². The molecule has 6 heteroatoms. The molecule has 0 spiro atoms. The van der Waals surface area contributed by atoms with Crippen LogP contribution in [0.1, 0.15) is 15.9 Å². The van der Waals surface area contributed by atoms with Gasteiger partial charge in [0.25, 0.3) is 0 Å². The van der Waals surface area contributed by atoms with Gasteiger partial charge in [-0.1, -0.05) is 6.07 Å². The highest BCUT2D eigenvalue weighted by atomic mass is 16.7. The monoisotopic (exact) mass is 327 g/mol. The zero-order valence-electron chi connectivity index (χ0n) is 13.0. The highest BCUT2D eigenvalue weighted by Crippen LogP contribution is 2.32. The first-order valence-corrected chi connectivity index (χ1v) is 7.82. The Hall–Kier alpha value is -2.73. The third kappa shape index (κ3) is 3.00. The lowest BCUT2D eigenvalue weighted by Gasteiger charge is -2.18. The van der Waals surface area contributed by atoms with Crippen molar-refractivity contribution in [2.45, 2.75) is 6.54 Å². The van der Waals surface area contributed by atoms with E-state index in [-0.39, 0.29) is 19.1 Å². The maximum absolute atomic E-state index is 12.3. The molecule has 2 heterocycles. The highest BCUT2D eigenvalue weighted by Gasteiger charge is 2.15. The van der Waals surface area contributed by atoms with Crippen LogP contribution in [-0.2, 0) is 6.54 Å². The van der Waals surface area contributed by atoms with Gasteiger partial charge in [-0.05, 0) is 35.9 Å². The molecule has 6 nitrogen and oxygen atoms in total. The normalized spacial score (nSPS) is 14.5. The number of benzene rings is 2. The van der Waals surface area contributed by atoms with Crippen LogP contribution in [0.15, 0.2) is 36.4 Å². The molecule has 0 aliphatic carbocycles. The Labute approximate surface area is 139 Å². The van der Waals surface area contributed by atoms with Gasteiger partial charge in [0.05, 0.1) is 6.54 Å². The first kappa shape index (κ1) is 14.8. The molecule has 124 valence electrons. The summed E-state index contributed by atoms with van der Waals surface area (Å²) in [5.74, 6) is 2.82. The lowest BCUT2D eigenvalue weighted by Crippen LogP contribution is -2.23. The standard InChI is InChI=1S/C18H17NO5/c20-14(13-2-4-15-18(8-13)22-6-5-21-15)10-19-9-12-1-3-16-17(7-12)24-11-23-16/h1-4,7-8,19H,5-6,9-11H2. The van der Waals surface area contributed by atoms with Gasteiger partial charge in [-0.3, -0.25) is 4.79 Å². The van der Waals surface area contributed by atoms with E-state index in [9.17, 15) is 4.79 Å². The van der Waals surface area contributed by atoms with Crippen LogP contribution >= 0.6 is 0 Å². The Bertz CT molecular complexity index is 774. The summed E-state index contributed by atoms with van der Waals surface area (Å²) >= 11 is 0. The van der Waals surface area contributed by atoms with E-state index in [0.717, 1.165) is 17.1 Å². The van der Waals surface area contributed by atoms with Crippen LogP contribution < -0.4 is 24.3 Å². The predicted molar refractivity (Wildman–Crippen MR) is 86.0 cm³/mol. The van der Waals surface area contributed by atoms with Crippen LogP contribution in [0.2, 0.25) is 0 Å². The van der Waals surface area contributed by atoms with Crippen LogP contribution in [0, 0.1) is 0 Å². The van der Waals surface area contributed by atoms with Gasteiger partial charge < -0.3 is 24.3 Å². The first-order chi connectivity index (χ1) is 11.8. The molecule has 0 unspecified atom stereocenters. The van der Waals surface area contributed by atoms with Crippen LogP contribution in [0.4, 0.5) is 0 Å². The fourth-order valence-corrected chi connectivity index (χ4v) is 2.69. The average Bonchev–Trinajstić information content (AvgIpc) is 3.09. The van der Waals surface area contributed by atoms with Crippen molar-refractivity contribution >= 4 is 5.78 Å². The van der Waals surface area contributed by atoms with Gasteiger partial charge in [-0.15, -0.1) is 0 Å². The number of ketones is 1. The molecule has 4 rings (SSSR count). The molecule has 2 aliphatic heterocycles. The maximum atomic E-state index is 12.3. The molecular weight excluding hydrogens is 310 g/mol. The second kappa shape index (κ2) is 6.41. The summed E-state index contributed by atoms with van der Waals surface area (Å²) in [5.41, 5.74) is 1.65. The van der Waals surface area contributed by atoms with Crippen molar-refractivity contribution in [2.75, 3.05) is 26.6 Å². The molecule has 0 fully saturated rings. The van der Waals surface area contributed by atoms with Crippen LogP contribution in [0.5, 0.6) is 23.0 Å². The number of ether oxygens (including phenoxy) is 4. The largest absolute Gasteiger partial charge is 0.486 e. The van der Waals surface area contributed by atoms with Gasteiger partial charge in [-0.25, -0.2) is 0 Å². The minimum absolute atomic E-state index is 0.00715. The van der Waals surface area contributed by atoms with E-state index >= 15 is 0 Å². The number of fused-ring (bicyclic) bond motifs is 2. The van der Waals surface area contributed by atoms with Crippen molar-refractivity contribution in [1.82, 2.24) is 5.32 Å². The lowest BCUT2D eigenvalue weighted by atomic mass is 10.1. The average molecular weight is 327 g/mol. The van der Waals surface area contributed by atoms with E-state index in [1.165, 1.54) is 0 Å². The molecule has 0 radical (unpaired) electrons. The van der Waals surface area contributed by atoms with Gasteiger partial charge in [-0.2, -0.15) is 0 Å². The zero-order valence-corrected chi connectivity index (χ0v) is 13.0. The van der Waals surface area contributed by atoms with E-state index in [0.29, 0.717) is 36.8 Å². The smallest absolute Gasteiger partial charge is 0.231 e. The summed E-state index contributed by atoms with van der Waals surface area (Å²) in [6.07, 6.45) is 0. The molecule has 0 saturated carbocycles. The Balaban J connectivity index is 1.35. The molecule has 0 aromatic heterocycles. The Morgan fingerprint density at radius 1 is 0.875 bits per heavy atom. The zero-order chi connectivity index (χ0) is 16.4. The fourth-order valence-electron chi connectivity index (χ4n) is 2.69. The van der Waals surface area contributed by atoms with Crippen LogP contribution in [-0.4, -0.2) is 32.3 Å². The first-order valence-electron chi connectivity index (χ1n) is 7.82. The van der Waals surface area contributed by atoms with Crippen molar-refractivity contribution in [3.8, 4) is 23.0 Å². The number of carbonyl (C=O) groups excluding carboxylic acids is 1. The third-order valence-corrected chi connectivity index (χ3v) is 3.92. The molecule has 2 aromatic carbocycles. The Kier molecular flexibility index (Phi) is 3.96. The third-order valence-electron chi connectivity index (χ3n) is 3.92. The van der Waals surface area contributed by atoms with E-state index in [1.807, 2.05) is 18.2 Å². The molecule has 0 bridgehead atoms. The predicted octanol–water partition coefficient (Wildman–Crippen LogP) is 2.16. The quantitative estimate of drug-likeness (QED) is 0.849. The van der Waals surface area contributed by atoms with Gasteiger partial charge >= 0.3 is 0 Å². The van der Waals surface area contributed by atoms with Crippen molar-refractivity contribution < 1.29 is 23.7 Å². The lowest BCUT2D eigenvalue weighted by molar-refractivity contribution is 0.0989. The molecule has 0 amide bonds. The molecule has 24 heavy (non-hydrogen) atoms. The summed E-state index contributed by atoms with van der Waals surface area (Å²) in [7, 11) is 0. The van der Waals surface area contributed by atoms with Crippen LogP contribution in [0.3, 0.4) is 0 Å². The van der Waals surface area contributed by atoms with Crippen molar-refractivity contribution in [1.29, 1.82) is 0 Å². The SMILES string of the molecule is O=C(CNCc1ccc2c(c1)OCO2)c1ccc2c(c1)OCCO2. The summed E-state index contributed by atoms with van der Waals surface area (Å²) in [4.78, 5) is 12.3. The second-order valence-corrected chi connectivity index (χ2v) is 5.57. The minimum atomic E-state index is 0.00715. The molecule has 0 saturated heterocycles. The summed E-state index contributed by atoms with van der Waals surface area (Å²) in [6, 6.07) is 11.0. The topological polar surface area (TPSA) is 66.0 Å². The second-order valence-electron chi connectivity index (χ2n) is 5.57. The summed E-state index contributed by atoms with van der Waals surface area (Å²) < 4.78 is 21.6. The highest BCUT2D eigenvalue weighted by molar-refractivity contribution is 5.98. The number of nitrogens with one attached hydrogen (secondary N) is 1. The minimum Gasteiger partial charge on any atom is -0.486 e. The van der Waals surface area contributed by atoms with Crippen molar-refractivity contribution in [3.63, 3.8) is 0 Å². The number of hydrogen-bond donors (Lipinski definition) is 1. The molecule has 0 atom stereocenters. The van der Waals surface area contributed by atoms with Crippen molar-refractivity contribution in [2.24, 2.45) is 0 Å². The molecule has 2 aliphatic rings. The van der Waals surface area contributed by atoms with Gasteiger partial charge in [0.1, 0.15) is 13.2 Å². The fraction of sp³-hybridized carbons (Fsp3) is 0.278. The maximum Gasteiger partial charge on any atom is 0.231 e. The summed E-state index contributed by atoms with van der Waals surface area (Å²) in [5, 5.41) is 3.15. The van der Waals surface area contributed by atoms with E-state index in [2.05, 4.69) is 5.32 Å².